The number of thiazole rings is 1. The van der Waals surface area contributed by atoms with Gasteiger partial charge in [0.05, 0.1) is 7.11 Å². The minimum atomic E-state index is -0.319. The molecule has 0 amide bonds. The molecule has 0 N–H and O–H groups in total. The van der Waals surface area contributed by atoms with Gasteiger partial charge in [0.2, 0.25) is 0 Å². The van der Waals surface area contributed by atoms with E-state index in [0.29, 0.717) is 11.3 Å². The van der Waals surface area contributed by atoms with Crippen molar-refractivity contribution in [2.24, 2.45) is 0 Å². The van der Waals surface area contributed by atoms with E-state index in [1.165, 1.54) is 0 Å². The highest BCUT2D eigenvalue weighted by Gasteiger charge is 2.18. The van der Waals surface area contributed by atoms with Gasteiger partial charge in [-0.2, -0.15) is 0 Å². The first kappa shape index (κ1) is 17.1. The summed E-state index contributed by atoms with van der Waals surface area (Å²) in [7, 11) is 1.61. The summed E-state index contributed by atoms with van der Waals surface area (Å²) in [6.45, 7) is 4.64. The van der Waals surface area contributed by atoms with Crippen LogP contribution in [0, 0.1) is 0 Å². The van der Waals surface area contributed by atoms with Crippen LogP contribution in [0.15, 0.2) is 45.1 Å². The van der Waals surface area contributed by atoms with Crippen LogP contribution in [-0.4, -0.2) is 43.2 Å². The molecule has 4 rings (SSSR count). The van der Waals surface area contributed by atoms with Gasteiger partial charge in [0.25, 0.3) is 0 Å². The summed E-state index contributed by atoms with van der Waals surface area (Å²) in [5, 5.41) is 4.07. The van der Waals surface area contributed by atoms with Crippen molar-refractivity contribution in [3.05, 3.63) is 51.8 Å². The Bertz CT molecular complexity index is 939. The Hall–Kier alpha value is -2.38. The SMILES string of the molecule is COc1ccc2c(CN3CCCN(c4nccs4)CC3)cc(=O)oc2c1. The zero-order valence-corrected chi connectivity index (χ0v) is 15.5. The summed E-state index contributed by atoms with van der Waals surface area (Å²) in [5.74, 6) is 0.687. The van der Waals surface area contributed by atoms with E-state index in [-0.39, 0.29) is 5.63 Å². The van der Waals surface area contributed by atoms with Crippen LogP contribution in [0.4, 0.5) is 5.13 Å². The molecule has 1 aliphatic rings. The van der Waals surface area contributed by atoms with Gasteiger partial charge < -0.3 is 14.1 Å². The van der Waals surface area contributed by atoms with Gasteiger partial charge in [-0.3, -0.25) is 4.90 Å². The standard InChI is InChI=1S/C19H21N3O3S/c1-24-15-3-4-16-14(11-18(23)25-17(16)12-15)13-21-6-2-7-22(9-8-21)19-20-5-10-26-19/h3-5,10-12H,2,6-9,13H2,1H3. The summed E-state index contributed by atoms with van der Waals surface area (Å²) in [6, 6.07) is 7.25. The largest absolute Gasteiger partial charge is 0.497 e. The molecule has 1 fully saturated rings. The molecule has 7 heteroatoms. The highest BCUT2D eigenvalue weighted by atomic mass is 32.1. The van der Waals surface area contributed by atoms with Crippen molar-refractivity contribution in [3.8, 4) is 5.75 Å². The second kappa shape index (κ2) is 7.47. The van der Waals surface area contributed by atoms with Crippen molar-refractivity contribution in [3.63, 3.8) is 0 Å². The molecular formula is C19H21N3O3S. The molecule has 2 aromatic heterocycles. The van der Waals surface area contributed by atoms with Crippen molar-refractivity contribution in [1.29, 1.82) is 0 Å². The van der Waals surface area contributed by atoms with E-state index in [2.05, 4.69) is 14.8 Å². The molecule has 26 heavy (non-hydrogen) atoms. The van der Waals surface area contributed by atoms with Crippen molar-refractivity contribution < 1.29 is 9.15 Å². The van der Waals surface area contributed by atoms with Crippen LogP contribution in [0.3, 0.4) is 0 Å². The van der Waals surface area contributed by atoms with Gasteiger partial charge in [-0.1, -0.05) is 0 Å². The maximum absolute atomic E-state index is 12.0. The van der Waals surface area contributed by atoms with Crippen molar-refractivity contribution >= 4 is 27.4 Å². The van der Waals surface area contributed by atoms with Gasteiger partial charge in [-0.25, -0.2) is 9.78 Å². The monoisotopic (exact) mass is 371 g/mol. The van der Waals surface area contributed by atoms with Crippen LogP contribution in [0.5, 0.6) is 5.75 Å². The van der Waals surface area contributed by atoms with Gasteiger partial charge in [-0.05, 0) is 24.1 Å². The molecule has 3 heterocycles. The highest BCUT2D eigenvalue weighted by Crippen LogP contribution is 2.24. The molecule has 3 aromatic rings. The quantitative estimate of drug-likeness (QED) is 0.657. The van der Waals surface area contributed by atoms with Crippen LogP contribution in [-0.2, 0) is 6.54 Å². The molecule has 0 unspecified atom stereocenters. The molecule has 1 saturated heterocycles. The number of methoxy groups -OCH3 is 1. The van der Waals surface area contributed by atoms with Crippen LogP contribution in [0.1, 0.15) is 12.0 Å². The van der Waals surface area contributed by atoms with E-state index in [4.69, 9.17) is 9.15 Å². The fourth-order valence-corrected chi connectivity index (χ4v) is 4.10. The topological polar surface area (TPSA) is 58.8 Å². The Morgan fingerprint density at radius 3 is 2.96 bits per heavy atom. The maximum atomic E-state index is 12.0. The number of rotatable bonds is 4. The Morgan fingerprint density at radius 2 is 2.15 bits per heavy atom. The Morgan fingerprint density at radius 1 is 1.23 bits per heavy atom. The number of anilines is 1. The van der Waals surface area contributed by atoms with Gasteiger partial charge in [0.15, 0.2) is 5.13 Å². The average Bonchev–Trinajstić information content (AvgIpc) is 3.08. The number of hydrogen-bond donors (Lipinski definition) is 0. The first-order valence-corrected chi connectivity index (χ1v) is 9.58. The molecule has 0 spiro atoms. The predicted octanol–water partition coefficient (Wildman–Crippen LogP) is 2.97. The summed E-state index contributed by atoms with van der Waals surface area (Å²) >= 11 is 1.68. The van der Waals surface area contributed by atoms with E-state index in [9.17, 15) is 4.79 Å². The second-order valence-corrected chi connectivity index (χ2v) is 7.26. The van der Waals surface area contributed by atoms with E-state index in [1.54, 1.807) is 30.6 Å². The molecule has 6 nitrogen and oxygen atoms in total. The molecule has 1 aliphatic heterocycles. The summed E-state index contributed by atoms with van der Waals surface area (Å²) in [5.41, 5.74) is 1.26. The number of benzene rings is 1. The molecule has 1 aromatic carbocycles. The summed E-state index contributed by atoms with van der Waals surface area (Å²) < 4.78 is 10.6. The molecular weight excluding hydrogens is 350 g/mol. The minimum absolute atomic E-state index is 0.319. The van der Waals surface area contributed by atoms with Crippen molar-refractivity contribution in [2.45, 2.75) is 13.0 Å². The lowest BCUT2D eigenvalue weighted by Gasteiger charge is -2.22. The average molecular weight is 371 g/mol. The summed E-state index contributed by atoms with van der Waals surface area (Å²) in [6.07, 6.45) is 2.93. The maximum Gasteiger partial charge on any atom is 0.336 e. The van der Waals surface area contributed by atoms with Crippen LogP contribution >= 0.6 is 11.3 Å². The molecule has 0 aliphatic carbocycles. The third kappa shape index (κ3) is 3.59. The highest BCUT2D eigenvalue weighted by molar-refractivity contribution is 7.13. The molecule has 0 saturated carbocycles. The van der Waals surface area contributed by atoms with E-state index in [0.717, 1.165) is 55.2 Å². The fourth-order valence-electron chi connectivity index (χ4n) is 3.40. The lowest BCUT2D eigenvalue weighted by Crippen LogP contribution is -2.30. The van der Waals surface area contributed by atoms with Crippen LogP contribution in [0.2, 0.25) is 0 Å². The van der Waals surface area contributed by atoms with Crippen LogP contribution < -0.4 is 15.3 Å². The minimum Gasteiger partial charge on any atom is -0.497 e. The smallest absolute Gasteiger partial charge is 0.336 e. The first-order valence-electron chi connectivity index (χ1n) is 8.70. The second-order valence-electron chi connectivity index (χ2n) is 6.38. The van der Waals surface area contributed by atoms with E-state index >= 15 is 0 Å². The zero-order chi connectivity index (χ0) is 17.9. The van der Waals surface area contributed by atoms with Gasteiger partial charge in [0, 0.05) is 61.8 Å². The number of nitrogens with zero attached hydrogens (tertiary/aromatic N) is 3. The number of fused-ring (bicyclic) bond motifs is 1. The van der Waals surface area contributed by atoms with Gasteiger partial charge in [-0.15, -0.1) is 11.3 Å². The number of hydrogen-bond acceptors (Lipinski definition) is 7. The third-order valence-electron chi connectivity index (χ3n) is 4.71. The van der Waals surface area contributed by atoms with Gasteiger partial charge >= 0.3 is 5.63 Å². The third-order valence-corrected chi connectivity index (χ3v) is 5.54. The molecule has 0 bridgehead atoms. The Labute approximate surface area is 155 Å². The van der Waals surface area contributed by atoms with E-state index in [1.807, 2.05) is 23.7 Å². The van der Waals surface area contributed by atoms with Crippen LogP contribution in [0.25, 0.3) is 11.0 Å². The van der Waals surface area contributed by atoms with Crippen molar-refractivity contribution in [1.82, 2.24) is 9.88 Å². The number of aromatic nitrogens is 1. The van der Waals surface area contributed by atoms with E-state index < -0.39 is 0 Å². The number of ether oxygens (including phenoxy) is 1. The zero-order valence-electron chi connectivity index (χ0n) is 14.7. The lowest BCUT2D eigenvalue weighted by molar-refractivity contribution is 0.286. The Balaban J connectivity index is 1.54. The molecule has 0 radical (unpaired) electrons. The normalized spacial score (nSPS) is 16.0. The fraction of sp³-hybridized carbons (Fsp3) is 0.368. The van der Waals surface area contributed by atoms with Crippen molar-refractivity contribution in [2.75, 3.05) is 38.2 Å². The first-order chi connectivity index (χ1) is 12.7. The predicted molar refractivity (Wildman–Crippen MR) is 103 cm³/mol. The summed E-state index contributed by atoms with van der Waals surface area (Å²) in [4.78, 5) is 21.1. The molecule has 136 valence electrons. The Kier molecular flexibility index (Phi) is 4.90. The molecule has 0 atom stereocenters. The lowest BCUT2D eigenvalue weighted by atomic mass is 10.1. The van der Waals surface area contributed by atoms with Gasteiger partial charge in [0.1, 0.15) is 11.3 Å².